The standard InChI is InChI=1S/C16H17N5/c1-10-5-3-6-11(2)14(10)20-15-12-7-4-8-13(12)19-16-17-9-18-21(15)16/h3,5-6,9,20H,4,7-8H2,1-2H3. The predicted molar refractivity (Wildman–Crippen MR) is 82.0 cm³/mol. The first kappa shape index (κ1) is 12.3. The summed E-state index contributed by atoms with van der Waals surface area (Å²) in [5, 5.41) is 7.92. The maximum absolute atomic E-state index is 4.61. The molecule has 2 aromatic heterocycles. The fourth-order valence-corrected chi connectivity index (χ4v) is 3.08. The zero-order valence-electron chi connectivity index (χ0n) is 12.2. The summed E-state index contributed by atoms with van der Waals surface area (Å²) in [6.45, 7) is 4.24. The van der Waals surface area contributed by atoms with E-state index in [2.05, 4.69) is 52.4 Å². The lowest BCUT2D eigenvalue weighted by Crippen LogP contribution is -2.08. The number of nitrogens with one attached hydrogen (secondary N) is 1. The van der Waals surface area contributed by atoms with Crippen molar-refractivity contribution in [2.45, 2.75) is 33.1 Å². The van der Waals surface area contributed by atoms with Crippen LogP contribution in [0.15, 0.2) is 24.5 Å². The van der Waals surface area contributed by atoms with E-state index in [0.29, 0.717) is 5.78 Å². The molecule has 0 atom stereocenters. The molecular weight excluding hydrogens is 262 g/mol. The molecule has 0 saturated carbocycles. The number of para-hydroxylation sites is 1. The number of nitrogens with zero attached hydrogens (tertiary/aromatic N) is 4. The van der Waals surface area contributed by atoms with Gasteiger partial charge in [-0.2, -0.15) is 14.6 Å². The van der Waals surface area contributed by atoms with Crippen molar-refractivity contribution in [2.24, 2.45) is 0 Å². The van der Waals surface area contributed by atoms with Crippen molar-refractivity contribution in [3.63, 3.8) is 0 Å². The highest BCUT2D eigenvalue weighted by Crippen LogP contribution is 2.32. The highest BCUT2D eigenvalue weighted by Gasteiger charge is 2.21. The summed E-state index contributed by atoms with van der Waals surface area (Å²) in [4.78, 5) is 8.86. The van der Waals surface area contributed by atoms with E-state index in [9.17, 15) is 0 Å². The summed E-state index contributed by atoms with van der Waals surface area (Å²) in [5.41, 5.74) is 6.04. The Bertz CT molecular complexity index is 814. The number of rotatable bonds is 2. The van der Waals surface area contributed by atoms with Crippen LogP contribution in [0, 0.1) is 13.8 Å². The first-order chi connectivity index (χ1) is 10.2. The van der Waals surface area contributed by atoms with Gasteiger partial charge >= 0.3 is 0 Å². The minimum atomic E-state index is 0.671. The van der Waals surface area contributed by atoms with Crippen molar-refractivity contribution in [1.82, 2.24) is 19.6 Å². The average molecular weight is 279 g/mol. The fourth-order valence-electron chi connectivity index (χ4n) is 3.08. The second-order valence-corrected chi connectivity index (χ2v) is 5.60. The maximum Gasteiger partial charge on any atom is 0.254 e. The normalized spacial score (nSPS) is 13.6. The molecule has 1 aliphatic carbocycles. The van der Waals surface area contributed by atoms with Gasteiger partial charge in [-0.05, 0) is 44.2 Å². The van der Waals surface area contributed by atoms with Crippen LogP contribution in [0.4, 0.5) is 11.5 Å². The molecule has 106 valence electrons. The predicted octanol–water partition coefficient (Wildman–Crippen LogP) is 2.97. The van der Waals surface area contributed by atoms with Crippen molar-refractivity contribution >= 4 is 17.3 Å². The molecule has 1 N–H and O–H groups in total. The maximum atomic E-state index is 4.61. The molecule has 0 unspecified atom stereocenters. The Balaban J connectivity index is 1.92. The zero-order chi connectivity index (χ0) is 14.4. The second kappa shape index (κ2) is 4.55. The lowest BCUT2D eigenvalue weighted by molar-refractivity contribution is 0.900. The molecule has 3 aromatic rings. The van der Waals surface area contributed by atoms with E-state index in [1.807, 2.05) is 4.52 Å². The summed E-state index contributed by atoms with van der Waals surface area (Å²) in [6.07, 6.45) is 4.79. The Morgan fingerprint density at radius 1 is 1.14 bits per heavy atom. The van der Waals surface area contributed by atoms with Crippen LogP contribution >= 0.6 is 0 Å². The number of aromatic nitrogens is 4. The van der Waals surface area contributed by atoms with Crippen LogP contribution in [0.2, 0.25) is 0 Å². The Labute approximate surface area is 123 Å². The van der Waals surface area contributed by atoms with Gasteiger partial charge in [-0.3, -0.25) is 0 Å². The number of fused-ring (bicyclic) bond motifs is 2. The summed E-state index contributed by atoms with van der Waals surface area (Å²) < 4.78 is 1.82. The third-order valence-corrected chi connectivity index (χ3v) is 4.18. The molecular formula is C16H17N5. The summed E-state index contributed by atoms with van der Waals surface area (Å²) in [6, 6.07) is 6.32. The smallest absolute Gasteiger partial charge is 0.254 e. The summed E-state index contributed by atoms with van der Waals surface area (Å²) in [5.74, 6) is 1.69. The van der Waals surface area contributed by atoms with Crippen LogP contribution < -0.4 is 5.32 Å². The molecule has 21 heavy (non-hydrogen) atoms. The Hall–Kier alpha value is -2.43. The van der Waals surface area contributed by atoms with Gasteiger partial charge in [0.15, 0.2) is 0 Å². The first-order valence-electron chi connectivity index (χ1n) is 7.29. The van der Waals surface area contributed by atoms with E-state index in [0.717, 1.165) is 36.5 Å². The van der Waals surface area contributed by atoms with Crippen LogP contribution in [-0.4, -0.2) is 19.6 Å². The average Bonchev–Trinajstić information content (AvgIpc) is 3.10. The second-order valence-electron chi connectivity index (χ2n) is 5.60. The fraction of sp³-hybridized carbons (Fsp3) is 0.312. The van der Waals surface area contributed by atoms with Crippen LogP contribution in [-0.2, 0) is 12.8 Å². The van der Waals surface area contributed by atoms with Crippen molar-refractivity contribution < 1.29 is 0 Å². The number of aryl methyl sites for hydroxylation is 3. The molecule has 0 saturated heterocycles. The third-order valence-electron chi connectivity index (χ3n) is 4.18. The summed E-state index contributed by atoms with van der Waals surface area (Å²) in [7, 11) is 0. The van der Waals surface area contributed by atoms with Gasteiger partial charge in [0.1, 0.15) is 12.1 Å². The minimum Gasteiger partial charge on any atom is -0.339 e. The van der Waals surface area contributed by atoms with Gasteiger partial charge < -0.3 is 5.32 Å². The monoisotopic (exact) mass is 279 g/mol. The number of benzene rings is 1. The van der Waals surface area contributed by atoms with Gasteiger partial charge in [-0.25, -0.2) is 4.98 Å². The van der Waals surface area contributed by atoms with Crippen molar-refractivity contribution in [3.8, 4) is 0 Å². The minimum absolute atomic E-state index is 0.671. The lowest BCUT2D eigenvalue weighted by atomic mass is 10.1. The van der Waals surface area contributed by atoms with Crippen LogP contribution in [0.25, 0.3) is 5.78 Å². The molecule has 0 fully saturated rings. The van der Waals surface area contributed by atoms with E-state index in [1.54, 1.807) is 6.33 Å². The SMILES string of the molecule is Cc1cccc(C)c1Nc1c2c(nc3ncnn13)CCC2. The Morgan fingerprint density at radius 3 is 2.76 bits per heavy atom. The molecule has 5 nitrogen and oxygen atoms in total. The molecule has 1 aromatic carbocycles. The van der Waals surface area contributed by atoms with Gasteiger partial charge in [0.2, 0.25) is 0 Å². The van der Waals surface area contributed by atoms with Crippen LogP contribution in [0.3, 0.4) is 0 Å². The largest absolute Gasteiger partial charge is 0.339 e. The van der Waals surface area contributed by atoms with Gasteiger partial charge in [0.25, 0.3) is 5.78 Å². The van der Waals surface area contributed by atoms with E-state index >= 15 is 0 Å². The number of hydrogen-bond donors (Lipinski definition) is 1. The van der Waals surface area contributed by atoms with E-state index < -0.39 is 0 Å². The molecule has 0 radical (unpaired) electrons. The molecule has 5 heteroatoms. The summed E-state index contributed by atoms with van der Waals surface area (Å²) >= 11 is 0. The van der Waals surface area contributed by atoms with Gasteiger partial charge in [-0.1, -0.05) is 18.2 Å². The number of hydrogen-bond acceptors (Lipinski definition) is 4. The van der Waals surface area contributed by atoms with E-state index in [-0.39, 0.29) is 0 Å². The van der Waals surface area contributed by atoms with Gasteiger partial charge in [-0.15, -0.1) is 0 Å². The van der Waals surface area contributed by atoms with E-state index in [4.69, 9.17) is 0 Å². The molecule has 0 spiro atoms. The van der Waals surface area contributed by atoms with Crippen molar-refractivity contribution in [2.75, 3.05) is 5.32 Å². The Morgan fingerprint density at radius 2 is 1.95 bits per heavy atom. The van der Waals surface area contributed by atoms with Gasteiger partial charge in [0, 0.05) is 11.3 Å². The first-order valence-corrected chi connectivity index (χ1v) is 7.29. The topological polar surface area (TPSA) is 55.1 Å². The molecule has 0 amide bonds. The van der Waals surface area contributed by atoms with E-state index in [1.165, 1.54) is 16.7 Å². The van der Waals surface area contributed by atoms with Crippen molar-refractivity contribution in [1.29, 1.82) is 0 Å². The number of anilines is 2. The molecule has 0 bridgehead atoms. The molecule has 0 aliphatic heterocycles. The Kier molecular flexibility index (Phi) is 2.67. The quantitative estimate of drug-likeness (QED) is 0.783. The molecule has 1 aliphatic rings. The third kappa shape index (κ3) is 1.88. The van der Waals surface area contributed by atoms with Gasteiger partial charge in [0.05, 0.1) is 5.69 Å². The molecule has 4 rings (SSSR count). The van der Waals surface area contributed by atoms with Crippen molar-refractivity contribution in [3.05, 3.63) is 46.9 Å². The van der Waals surface area contributed by atoms with Crippen LogP contribution in [0.5, 0.6) is 0 Å². The van der Waals surface area contributed by atoms with Crippen LogP contribution in [0.1, 0.15) is 28.8 Å². The highest BCUT2D eigenvalue weighted by molar-refractivity contribution is 5.68. The zero-order valence-corrected chi connectivity index (χ0v) is 12.2. The molecule has 2 heterocycles. The highest BCUT2D eigenvalue weighted by atomic mass is 15.4. The lowest BCUT2D eigenvalue weighted by Gasteiger charge is -2.16.